The first-order chi connectivity index (χ1) is 17.9. The van der Waals surface area contributed by atoms with Crippen LogP contribution in [0.3, 0.4) is 0 Å². The molecule has 2 aromatic carbocycles. The van der Waals surface area contributed by atoms with E-state index in [9.17, 15) is 0 Å². The van der Waals surface area contributed by atoms with Gasteiger partial charge in [-0.2, -0.15) is 0 Å². The fourth-order valence-corrected chi connectivity index (χ4v) is 5.85. The predicted molar refractivity (Wildman–Crippen MR) is 179 cm³/mol. The van der Waals surface area contributed by atoms with Crippen molar-refractivity contribution in [3.63, 3.8) is 0 Å². The molecule has 0 fully saturated rings. The zero-order chi connectivity index (χ0) is 26.8. The van der Waals surface area contributed by atoms with Crippen molar-refractivity contribution in [2.24, 2.45) is 11.8 Å². The summed E-state index contributed by atoms with van der Waals surface area (Å²) in [7, 11) is 0. The van der Waals surface area contributed by atoms with Crippen molar-refractivity contribution >= 4 is 46.6 Å². The molecule has 1 heterocycles. The molecule has 0 spiro atoms. The molecule has 3 rings (SSSR count). The molecular formula is C34H57Cl2N3. The Bertz CT molecular complexity index is 1000. The first-order valence-corrected chi connectivity index (χ1v) is 15.4. The van der Waals surface area contributed by atoms with E-state index in [4.69, 9.17) is 0 Å². The third-order valence-corrected chi connectivity index (χ3v) is 8.83. The van der Waals surface area contributed by atoms with Crippen LogP contribution in [0.4, 0.5) is 0 Å². The van der Waals surface area contributed by atoms with Crippen LogP contribution in [0.5, 0.6) is 0 Å². The summed E-state index contributed by atoms with van der Waals surface area (Å²) in [6.45, 7) is 24.4. The molecule has 0 bridgehead atoms. The fraction of sp³-hybridized carbons (Fsp3) is 0.647. The third-order valence-electron chi connectivity index (χ3n) is 8.83. The summed E-state index contributed by atoms with van der Waals surface area (Å²) in [6, 6.07) is 14.5. The zero-order valence-corrected chi connectivity index (χ0v) is 27.6. The van der Waals surface area contributed by atoms with E-state index in [1.54, 1.807) is 0 Å². The van der Waals surface area contributed by atoms with Crippen molar-refractivity contribution in [3.05, 3.63) is 47.5 Å². The Morgan fingerprint density at radius 3 is 1.31 bits per heavy atom. The largest absolute Gasteiger partial charge is 0.341 e. The summed E-state index contributed by atoms with van der Waals surface area (Å²) in [4.78, 5) is 5.09. The van der Waals surface area contributed by atoms with E-state index in [0.29, 0.717) is 0 Å². The highest BCUT2D eigenvalue weighted by atomic mass is 35.5. The Balaban J connectivity index is 0.00000380. The van der Waals surface area contributed by atoms with Crippen LogP contribution >= 0.6 is 24.8 Å². The molecular weight excluding hydrogens is 521 g/mol. The van der Waals surface area contributed by atoms with Crippen molar-refractivity contribution < 1.29 is 0 Å². The molecule has 0 aliphatic heterocycles. The second-order valence-electron chi connectivity index (χ2n) is 11.4. The maximum Gasteiger partial charge on any atom is 0.0491 e. The molecule has 0 amide bonds. The standard InChI is InChI=1S/C34H55N3.2ClH/c1-8-35(9-2)23-21-27(6)13-15-29-17-19-33-31(25-29)32-26-30(18-20-34(32)37(33)12-5)16-14-28(7)22-24-36(10-3)11-4;;/h17-20,25-28H,8-16,21-24H2,1-7H3;2*1H. The number of rotatable bonds is 17. The van der Waals surface area contributed by atoms with Gasteiger partial charge in [0.1, 0.15) is 0 Å². The SMILES string of the molecule is CCN(CC)CCC(C)CCc1ccc2c(c1)c1cc(CCC(C)CCN(CC)CC)ccc1n2CC.Cl.Cl. The lowest BCUT2D eigenvalue weighted by molar-refractivity contribution is 0.276. The van der Waals surface area contributed by atoms with E-state index in [1.165, 1.54) is 111 Å². The molecule has 0 saturated heterocycles. The summed E-state index contributed by atoms with van der Waals surface area (Å²) in [5.74, 6) is 1.53. The minimum absolute atomic E-state index is 0. The van der Waals surface area contributed by atoms with Gasteiger partial charge in [0.15, 0.2) is 0 Å². The van der Waals surface area contributed by atoms with Gasteiger partial charge in [-0.1, -0.05) is 53.7 Å². The second kappa shape index (κ2) is 18.2. The summed E-state index contributed by atoms with van der Waals surface area (Å²) in [5.41, 5.74) is 5.77. The Morgan fingerprint density at radius 1 is 0.590 bits per heavy atom. The third kappa shape index (κ3) is 9.95. The summed E-state index contributed by atoms with van der Waals surface area (Å²) < 4.78 is 2.50. The zero-order valence-electron chi connectivity index (χ0n) is 26.0. The minimum atomic E-state index is 0. The monoisotopic (exact) mass is 577 g/mol. The van der Waals surface area contributed by atoms with Crippen molar-refractivity contribution in [3.8, 4) is 0 Å². The molecule has 3 nitrogen and oxygen atoms in total. The van der Waals surface area contributed by atoms with Crippen LogP contribution in [0.25, 0.3) is 21.8 Å². The van der Waals surface area contributed by atoms with Gasteiger partial charge >= 0.3 is 0 Å². The van der Waals surface area contributed by atoms with E-state index in [1.807, 2.05) is 0 Å². The van der Waals surface area contributed by atoms with Crippen LogP contribution in [-0.2, 0) is 19.4 Å². The Labute approximate surface area is 252 Å². The van der Waals surface area contributed by atoms with E-state index in [0.717, 1.165) is 18.4 Å². The normalized spacial score (nSPS) is 13.2. The molecule has 2 unspecified atom stereocenters. The van der Waals surface area contributed by atoms with Gasteiger partial charge in [0.05, 0.1) is 0 Å². The average Bonchev–Trinajstić information content (AvgIpc) is 3.24. The quantitative estimate of drug-likeness (QED) is 0.158. The second-order valence-corrected chi connectivity index (χ2v) is 11.4. The highest BCUT2D eigenvalue weighted by molar-refractivity contribution is 6.08. The maximum absolute atomic E-state index is 2.55. The number of aromatic nitrogens is 1. The molecule has 1 aromatic heterocycles. The number of benzene rings is 2. The van der Waals surface area contributed by atoms with Gasteiger partial charge in [-0.3, -0.25) is 0 Å². The Hall–Kier alpha value is -1.26. The fourth-order valence-electron chi connectivity index (χ4n) is 5.85. The molecule has 0 aliphatic carbocycles. The molecule has 2 atom stereocenters. The lowest BCUT2D eigenvalue weighted by Gasteiger charge is -2.20. The lowest BCUT2D eigenvalue weighted by atomic mass is 9.96. The summed E-state index contributed by atoms with van der Waals surface area (Å²) in [6.07, 6.45) is 7.51. The first kappa shape index (κ1) is 35.8. The molecule has 0 radical (unpaired) electrons. The van der Waals surface area contributed by atoms with E-state index >= 15 is 0 Å². The van der Waals surface area contributed by atoms with Crippen molar-refractivity contribution in [2.45, 2.75) is 93.5 Å². The van der Waals surface area contributed by atoms with Gasteiger partial charge in [0.25, 0.3) is 0 Å². The summed E-state index contributed by atoms with van der Waals surface area (Å²) in [5, 5.41) is 2.89. The lowest BCUT2D eigenvalue weighted by Crippen LogP contribution is -2.25. The Morgan fingerprint density at radius 2 is 0.974 bits per heavy atom. The topological polar surface area (TPSA) is 11.4 Å². The van der Waals surface area contributed by atoms with Gasteiger partial charge < -0.3 is 14.4 Å². The van der Waals surface area contributed by atoms with Crippen molar-refractivity contribution in [2.75, 3.05) is 39.3 Å². The van der Waals surface area contributed by atoms with Crippen LogP contribution in [0.1, 0.15) is 85.3 Å². The average molecular weight is 579 g/mol. The highest BCUT2D eigenvalue weighted by Crippen LogP contribution is 2.32. The van der Waals surface area contributed by atoms with Crippen molar-refractivity contribution in [1.82, 2.24) is 14.4 Å². The molecule has 0 N–H and O–H groups in total. The molecule has 222 valence electrons. The molecule has 3 aromatic rings. The van der Waals surface area contributed by atoms with Gasteiger partial charge in [0.2, 0.25) is 0 Å². The van der Waals surface area contributed by atoms with Gasteiger partial charge in [-0.25, -0.2) is 0 Å². The summed E-state index contributed by atoms with van der Waals surface area (Å²) >= 11 is 0. The van der Waals surface area contributed by atoms with E-state index in [2.05, 4.69) is 99.2 Å². The molecule has 0 aliphatic rings. The van der Waals surface area contributed by atoms with Crippen LogP contribution in [0.2, 0.25) is 0 Å². The van der Waals surface area contributed by atoms with E-state index < -0.39 is 0 Å². The molecule has 39 heavy (non-hydrogen) atoms. The predicted octanol–water partition coefficient (Wildman–Crippen LogP) is 9.26. The minimum Gasteiger partial charge on any atom is -0.341 e. The van der Waals surface area contributed by atoms with Crippen LogP contribution in [-0.4, -0.2) is 53.6 Å². The number of halogens is 2. The van der Waals surface area contributed by atoms with E-state index in [-0.39, 0.29) is 24.8 Å². The number of aryl methyl sites for hydroxylation is 3. The Kier molecular flexibility index (Phi) is 16.7. The van der Waals surface area contributed by atoms with Crippen molar-refractivity contribution in [1.29, 1.82) is 0 Å². The molecule has 0 saturated carbocycles. The highest BCUT2D eigenvalue weighted by Gasteiger charge is 2.13. The van der Waals surface area contributed by atoms with Gasteiger partial charge in [-0.05, 0) is 132 Å². The van der Waals surface area contributed by atoms with Gasteiger partial charge in [0, 0.05) is 28.4 Å². The number of fused-ring (bicyclic) bond motifs is 3. The van der Waals surface area contributed by atoms with Crippen LogP contribution in [0, 0.1) is 11.8 Å². The smallest absolute Gasteiger partial charge is 0.0491 e. The molecule has 5 heteroatoms. The maximum atomic E-state index is 2.55. The number of hydrogen-bond donors (Lipinski definition) is 0. The van der Waals surface area contributed by atoms with Crippen LogP contribution < -0.4 is 0 Å². The number of nitrogens with zero attached hydrogens (tertiary/aromatic N) is 3. The number of hydrogen-bond acceptors (Lipinski definition) is 2. The van der Waals surface area contributed by atoms with Gasteiger partial charge in [-0.15, -0.1) is 24.8 Å². The first-order valence-electron chi connectivity index (χ1n) is 15.4. The van der Waals surface area contributed by atoms with Crippen LogP contribution in [0.15, 0.2) is 36.4 Å².